The number of aromatic nitrogens is 1. The first-order valence-corrected chi connectivity index (χ1v) is 5.62. The molecule has 0 bridgehead atoms. The molecule has 2 heterocycles. The van der Waals surface area contributed by atoms with Crippen molar-refractivity contribution < 1.29 is 9.90 Å². The fraction of sp³-hybridized carbons (Fsp3) is 0.231. The molecule has 0 aliphatic carbocycles. The van der Waals surface area contributed by atoms with E-state index in [1.54, 1.807) is 0 Å². The summed E-state index contributed by atoms with van der Waals surface area (Å²) >= 11 is 0. The second-order valence-electron chi connectivity index (χ2n) is 4.16. The molecule has 17 heavy (non-hydrogen) atoms. The van der Waals surface area contributed by atoms with Crippen LogP contribution in [0.2, 0.25) is 0 Å². The Morgan fingerprint density at radius 3 is 3.00 bits per heavy atom. The maximum atomic E-state index is 11.4. The zero-order valence-corrected chi connectivity index (χ0v) is 9.23. The van der Waals surface area contributed by atoms with Gasteiger partial charge in [0, 0.05) is 11.9 Å². The predicted octanol–water partition coefficient (Wildman–Crippen LogP) is 1.58. The van der Waals surface area contributed by atoms with Gasteiger partial charge in [0.2, 0.25) is 0 Å². The summed E-state index contributed by atoms with van der Waals surface area (Å²) in [6, 6.07) is 7.41. The summed E-state index contributed by atoms with van der Waals surface area (Å²) in [4.78, 5) is 16.0. The second kappa shape index (κ2) is 3.82. The Balaban J connectivity index is 2.40. The van der Waals surface area contributed by atoms with Crippen LogP contribution in [-0.2, 0) is 13.0 Å². The normalized spacial score (nSPS) is 14.6. The van der Waals surface area contributed by atoms with Crippen molar-refractivity contribution in [3.63, 3.8) is 0 Å². The Bertz CT molecular complexity index is 608. The highest BCUT2D eigenvalue weighted by molar-refractivity contribution is 6.04. The topological polar surface area (TPSA) is 62.2 Å². The zero-order valence-electron chi connectivity index (χ0n) is 9.23. The highest BCUT2D eigenvalue weighted by Gasteiger charge is 2.21. The fourth-order valence-electron chi connectivity index (χ4n) is 2.38. The van der Waals surface area contributed by atoms with Crippen LogP contribution < -0.4 is 5.32 Å². The number of rotatable bonds is 1. The number of aromatic carboxylic acids is 1. The molecule has 2 N–H and O–H groups in total. The van der Waals surface area contributed by atoms with Gasteiger partial charge in [0.05, 0.1) is 16.8 Å². The van der Waals surface area contributed by atoms with Gasteiger partial charge in [-0.3, -0.25) is 4.98 Å². The summed E-state index contributed by atoms with van der Waals surface area (Å²) in [7, 11) is 0. The number of hydrogen-bond donors (Lipinski definition) is 2. The lowest BCUT2D eigenvalue weighted by atomic mass is 9.96. The fourth-order valence-corrected chi connectivity index (χ4v) is 2.38. The first-order valence-electron chi connectivity index (χ1n) is 5.62. The Morgan fingerprint density at radius 1 is 1.35 bits per heavy atom. The molecule has 0 saturated carbocycles. The van der Waals surface area contributed by atoms with E-state index in [0.717, 1.165) is 35.1 Å². The smallest absolute Gasteiger partial charge is 0.336 e. The molecule has 0 radical (unpaired) electrons. The van der Waals surface area contributed by atoms with E-state index in [9.17, 15) is 9.90 Å². The van der Waals surface area contributed by atoms with Crippen LogP contribution >= 0.6 is 0 Å². The van der Waals surface area contributed by atoms with Crippen molar-refractivity contribution in [2.75, 3.05) is 6.54 Å². The summed E-state index contributed by atoms with van der Waals surface area (Å²) in [5.41, 5.74) is 2.93. The van der Waals surface area contributed by atoms with E-state index >= 15 is 0 Å². The number of benzene rings is 1. The van der Waals surface area contributed by atoms with Crippen molar-refractivity contribution in [1.82, 2.24) is 10.3 Å². The van der Waals surface area contributed by atoms with Gasteiger partial charge in [-0.15, -0.1) is 0 Å². The van der Waals surface area contributed by atoms with Crippen molar-refractivity contribution in [2.45, 2.75) is 13.0 Å². The van der Waals surface area contributed by atoms with E-state index in [1.165, 1.54) is 0 Å². The van der Waals surface area contributed by atoms with E-state index in [4.69, 9.17) is 0 Å². The van der Waals surface area contributed by atoms with Crippen molar-refractivity contribution in [3.8, 4) is 0 Å². The van der Waals surface area contributed by atoms with E-state index < -0.39 is 5.97 Å². The van der Waals surface area contributed by atoms with Crippen LogP contribution in [-0.4, -0.2) is 22.6 Å². The molecule has 0 spiro atoms. The number of nitrogens with one attached hydrogen (secondary N) is 1. The monoisotopic (exact) mass is 228 g/mol. The van der Waals surface area contributed by atoms with Gasteiger partial charge < -0.3 is 10.4 Å². The van der Waals surface area contributed by atoms with Crippen molar-refractivity contribution >= 4 is 16.9 Å². The van der Waals surface area contributed by atoms with E-state index in [-0.39, 0.29) is 0 Å². The molecule has 4 heteroatoms. The van der Waals surface area contributed by atoms with Crippen molar-refractivity contribution in [3.05, 3.63) is 41.1 Å². The Labute approximate surface area is 98.3 Å². The number of pyridine rings is 1. The summed E-state index contributed by atoms with van der Waals surface area (Å²) in [5, 5.41) is 13.3. The highest BCUT2D eigenvalue weighted by atomic mass is 16.4. The summed E-state index contributed by atoms with van der Waals surface area (Å²) < 4.78 is 0. The number of nitrogens with zero attached hydrogens (tertiary/aromatic N) is 1. The molecule has 0 amide bonds. The third-order valence-corrected chi connectivity index (χ3v) is 3.14. The van der Waals surface area contributed by atoms with Gasteiger partial charge in [0.1, 0.15) is 0 Å². The lowest BCUT2D eigenvalue weighted by molar-refractivity contribution is 0.0697. The lowest BCUT2D eigenvalue weighted by Gasteiger charge is -2.19. The zero-order chi connectivity index (χ0) is 11.8. The lowest BCUT2D eigenvalue weighted by Crippen LogP contribution is -2.26. The minimum absolute atomic E-state index is 0.423. The largest absolute Gasteiger partial charge is 0.478 e. The van der Waals surface area contributed by atoms with E-state index in [2.05, 4.69) is 10.3 Å². The van der Waals surface area contributed by atoms with Gasteiger partial charge in [0.15, 0.2) is 0 Å². The third kappa shape index (κ3) is 1.57. The van der Waals surface area contributed by atoms with Crippen LogP contribution in [0.25, 0.3) is 10.9 Å². The molecular weight excluding hydrogens is 216 g/mol. The summed E-state index contributed by atoms with van der Waals surface area (Å²) in [6.07, 6.45) is 0.731. The number of para-hydroxylation sites is 1. The maximum Gasteiger partial charge on any atom is 0.336 e. The molecule has 1 aromatic heterocycles. The molecule has 86 valence electrons. The highest BCUT2D eigenvalue weighted by Crippen LogP contribution is 2.25. The molecule has 1 aliphatic rings. The molecular formula is C13H12N2O2. The molecule has 0 unspecified atom stereocenters. The van der Waals surface area contributed by atoms with Gasteiger partial charge in [-0.25, -0.2) is 4.79 Å². The average molecular weight is 228 g/mol. The van der Waals surface area contributed by atoms with Gasteiger partial charge >= 0.3 is 5.97 Å². The van der Waals surface area contributed by atoms with Gasteiger partial charge in [-0.1, -0.05) is 18.2 Å². The van der Waals surface area contributed by atoms with E-state index in [0.29, 0.717) is 12.1 Å². The molecule has 0 atom stereocenters. The Kier molecular flexibility index (Phi) is 2.30. The van der Waals surface area contributed by atoms with Crippen LogP contribution in [0.3, 0.4) is 0 Å². The standard InChI is InChI=1S/C13H12N2O2/c16-13(17)12-8-3-1-2-4-10(8)15-11-7-14-6-5-9(11)12/h1-4,14H,5-7H2,(H,16,17). The first-order chi connectivity index (χ1) is 8.27. The van der Waals surface area contributed by atoms with Gasteiger partial charge in [-0.05, 0) is 24.6 Å². The van der Waals surface area contributed by atoms with Crippen LogP contribution in [0, 0.1) is 0 Å². The van der Waals surface area contributed by atoms with Crippen LogP contribution in [0.15, 0.2) is 24.3 Å². The number of carboxylic acid groups (broad SMARTS) is 1. The SMILES string of the molecule is O=C(O)c1c2c(nc3ccccc13)CNCC2. The number of carbonyl (C=O) groups is 1. The van der Waals surface area contributed by atoms with Crippen LogP contribution in [0.5, 0.6) is 0 Å². The van der Waals surface area contributed by atoms with Gasteiger partial charge in [-0.2, -0.15) is 0 Å². The van der Waals surface area contributed by atoms with Gasteiger partial charge in [0.25, 0.3) is 0 Å². The second-order valence-corrected chi connectivity index (χ2v) is 4.16. The molecule has 0 fully saturated rings. The predicted molar refractivity (Wildman–Crippen MR) is 64.1 cm³/mol. The minimum atomic E-state index is -0.859. The molecule has 1 aromatic carbocycles. The number of carboxylic acids is 1. The van der Waals surface area contributed by atoms with Crippen molar-refractivity contribution in [1.29, 1.82) is 0 Å². The number of hydrogen-bond acceptors (Lipinski definition) is 3. The molecule has 3 rings (SSSR count). The third-order valence-electron chi connectivity index (χ3n) is 3.14. The van der Waals surface area contributed by atoms with Crippen LogP contribution in [0.1, 0.15) is 21.6 Å². The molecule has 4 nitrogen and oxygen atoms in total. The maximum absolute atomic E-state index is 11.4. The minimum Gasteiger partial charge on any atom is -0.478 e. The van der Waals surface area contributed by atoms with Crippen LogP contribution in [0.4, 0.5) is 0 Å². The number of fused-ring (bicyclic) bond motifs is 2. The average Bonchev–Trinajstić information content (AvgIpc) is 2.35. The summed E-state index contributed by atoms with van der Waals surface area (Å²) in [6.45, 7) is 1.47. The van der Waals surface area contributed by atoms with E-state index in [1.807, 2.05) is 24.3 Å². The molecule has 1 aliphatic heterocycles. The molecule has 0 saturated heterocycles. The van der Waals surface area contributed by atoms with Crippen molar-refractivity contribution in [2.24, 2.45) is 0 Å². The quantitative estimate of drug-likeness (QED) is 0.777. The Morgan fingerprint density at radius 2 is 2.18 bits per heavy atom. The molecule has 2 aromatic rings. The Hall–Kier alpha value is -1.94. The summed E-state index contributed by atoms with van der Waals surface area (Å²) in [5.74, 6) is -0.859. The first kappa shape index (κ1) is 10.2.